The molecule has 4 nitrogen and oxygen atoms in total. The molecule has 0 amide bonds. The van der Waals surface area contributed by atoms with Gasteiger partial charge >= 0.3 is 5.63 Å². The Balaban J connectivity index is 0.00000144. The molecule has 1 aromatic heterocycles. The molecular weight excluding hydrogens is 240 g/mol. The highest BCUT2D eigenvalue weighted by Gasteiger charge is 2.06. The lowest BCUT2D eigenvalue weighted by Gasteiger charge is -2.05. The van der Waals surface area contributed by atoms with Crippen LogP contribution in [0.15, 0.2) is 33.5 Å². The molecule has 1 aromatic carbocycles. The zero-order chi connectivity index (χ0) is 11.5. The van der Waals surface area contributed by atoms with E-state index in [1.807, 2.05) is 12.1 Å². The number of rotatable bonds is 3. The van der Waals surface area contributed by atoms with Crippen molar-refractivity contribution in [3.05, 3.63) is 40.2 Å². The van der Waals surface area contributed by atoms with E-state index in [0.717, 1.165) is 10.9 Å². The number of hydrogen-bond donors (Lipinski definition) is 0. The molecule has 0 aliphatic heterocycles. The smallest absolute Gasteiger partial charge is 0.336 e. The quantitative estimate of drug-likeness (QED) is 0.787. The second-order valence-electron chi connectivity index (χ2n) is 3.39. The summed E-state index contributed by atoms with van der Waals surface area (Å²) in [7, 11) is 3.16. The summed E-state index contributed by atoms with van der Waals surface area (Å²) >= 11 is 0. The van der Waals surface area contributed by atoms with Gasteiger partial charge in [0.2, 0.25) is 0 Å². The molecule has 0 saturated heterocycles. The van der Waals surface area contributed by atoms with Gasteiger partial charge in [0.15, 0.2) is 0 Å². The van der Waals surface area contributed by atoms with Gasteiger partial charge in [-0.3, -0.25) is 0 Å². The fourth-order valence-corrected chi connectivity index (χ4v) is 1.61. The number of benzene rings is 1. The van der Waals surface area contributed by atoms with Crippen molar-refractivity contribution in [1.29, 1.82) is 0 Å². The maximum atomic E-state index is 11.3. The van der Waals surface area contributed by atoms with Crippen molar-refractivity contribution >= 4 is 24.5 Å². The topological polar surface area (TPSA) is 48.7 Å². The van der Waals surface area contributed by atoms with Crippen LogP contribution in [-0.2, 0) is 11.3 Å². The highest BCUT2D eigenvalue weighted by atomic mass is 32.1. The Hall–Kier alpha value is -1.46. The summed E-state index contributed by atoms with van der Waals surface area (Å²) in [5.41, 5.74) is 0.947. The van der Waals surface area contributed by atoms with Crippen LogP contribution in [-0.4, -0.2) is 14.2 Å². The standard InChI is InChI=1S/C12H12O4.H2S/c1-14-7-8-5-12(13)16-11-6-9(15-2)3-4-10(8)11;/h3-6H,7H2,1-2H3;1H2. The molecule has 2 rings (SSSR count). The molecule has 0 fully saturated rings. The lowest BCUT2D eigenvalue weighted by atomic mass is 10.1. The third-order valence-electron chi connectivity index (χ3n) is 2.34. The van der Waals surface area contributed by atoms with E-state index in [-0.39, 0.29) is 19.1 Å². The summed E-state index contributed by atoms with van der Waals surface area (Å²) in [6, 6.07) is 6.81. The van der Waals surface area contributed by atoms with Gasteiger partial charge in [-0.15, -0.1) is 0 Å². The van der Waals surface area contributed by atoms with Crippen molar-refractivity contribution < 1.29 is 13.9 Å². The fourth-order valence-electron chi connectivity index (χ4n) is 1.61. The van der Waals surface area contributed by atoms with E-state index in [0.29, 0.717) is 17.9 Å². The van der Waals surface area contributed by atoms with Crippen LogP contribution in [0, 0.1) is 0 Å². The minimum atomic E-state index is -0.382. The average molecular weight is 254 g/mol. The Labute approximate surface area is 106 Å². The van der Waals surface area contributed by atoms with Gasteiger partial charge in [0, 0.05) is 24.6 Å². The molecule has 0 aliphatic rings. The van der Waals surface area contributed by atoms with Crippen LogP contribution in [0.2, 0.25) is 0 Å². The molecule has 1 heterocycles. The van der Waals surface area contributed by atoms with Crippen molar-refractivity contribution in [2.75, 3.05) is 14.2 Å². The van der Waals surface area contributed by atoms with Crippen LogP contribution < -0.4 is 10.4 Å². The maximum absolute atomic E-state index is 11.3. The van der Waals surface area contributed by atoms with E-state index < -0.39 is 0 Å². The highest BCUT2D eigenvalue weighted by Crippen LogP contribution is 2.22. The lowest BCUT2D eigenvalue weighted by molar-refractivity contribution is 0.185. The molecular formula is C12H14O4S. The van der Waals surface area contributed by atoms with E-state index >= 15 is 0 Å². The summed E-state index contributed by atoms with van der Waals surface area (Å²) in [6.45, 7) is 0.383. The first-order valence-corrected chi connectivity index (χ1v) is 4.84. The molecule has 0 radical (unpaired) electrons. The second kappa shape index (κ2) is 5.75. The van der Waals surface area contributed by atoms with E-state index in [1.54, 1.807) is 20.3 Å². The first-order valence-electron chi connectivity index (χ1n) is 4.84. The largest absolute Gasteiger partial charge is 0.497 e. The van der Waals surface area contributed by atoms with Gasteiger partial charge < -0.3 is 13.9 Å². The van der Waals surface area contributed by atoms with Crippen LogP contribution in [0.5, 0.6) is 5.75 Å². The van der Waals surface area contributed by atoms with Crippen molar-refractivity contribution in [2.45, 2.75) is 6.61 Å². The molecule has 0 unspecified atom stereocenters. The van der Waals surface area contributed by atoms with Crippen LogP contribution in [0.3, 0.4) is 0 Å². The number of fused-ring (bicyclic) bond motifs is 1. The Morgan fingerprint density at radius 3 is 2.65 bits per heavy atom. The third kappa shape index (κ3) is 2.81. The van der Waals surface area contributed by atoms with Crippen molar-refractivity contribution in [3.8, 4) is 5.75 Å². The minimum Gasteiger partial charge on any atom is -0.497 e. The number of hydrogen-bond acceptors (Lipinski definition) is 4. The van der Waals surface area contributed by atoms with E-state index in [9.17, 15) is 4.79 Å². The molecule has 5 heteroatoms. The Kier molecular flexibility index (Phi) is 4.60. The summed E-state index contributed by atoms with van der Waals surface area (Å²) in [5, 5.41) is 0.863. The third-order valence-corrected chi connectivity index (χ3v) is 2.34. The summed E-state index contributed by atoms with van der Waals surface area (Å²) < 4.78 is 15.2. The Morgan fingerprint density at radius 2 is 2.00 bits per heavy atom. The second-order valence-corrected chi connectivity index (χ2v) is 3.39. The van der Waals surface area contributed by atoms with E-state index in [4.69, 9.17) is 13.9 Å². The van der Waals surface area contributed by atoms with Gasteiger partial charge in [0.1, 0.15) is 11.3 Å². The zero-order valence-electron chi connectivity index (χ0n) is 9.65. The van der Waals surface area contributed by atoms with Gasteiger partial charge in [-0.25, -0.2) is 4.79 Å². The van der Waals surface area contributed by atoms with Gasteiger partial charge in [0.05, 0.1) is 13.7 Å². The van der Waals surface area contributed by atoms with Gasteiger partial charge in [-0.05, 0) is 17.7 Å². The molecule has 0 bridgehead atoms. The zero-order valence-corrected chi connectivity index (χ0v) is 10.6. The predicted molar refractivity (Wildman–Crippen MR) is 70.1 cm³/mol. The predicted octanol–water partition coefficient (Wildman–Crippen LogP) is 2.06. The van der Waals surface area contributed by atoms with Crippen LogP contribution in [0.4, 0.5) is 0 Å². The molecule has 0 spiro atoms. The maximum Gasteiger partial charge on any atom is 0.336 e. The molecule has 0 N–H and O–H groups in total. The SMILES string of the molecule is COCc1cc(=O)oc2cc(OC)ccc12.S. The summed E-state index contributed by atoms with van der Waals surface area (Å²) in [5.74, 6) is 0.658. The molecule has 17 heavy (non-hydrogen) atoms. The number of methoxy groups -OCH3 is 2. The van der Waals surface area contributed by atoms with E-state index in [1.165, 1.54) is 6.07 Å². The Morgan fingerprint density at radius 1 is 1.24 bits per heavy atom. The lowest BCUT2D eigenvalue weighted by Crippen LogP contribution is -2.01. The van der Waals surface area contributed by atoms with Crippen molar-refractivity contribution in [1.82, 2.24) is 0 Å². The van der Waals surface area contributed by atoms with Gasteiger partial charge in [0.25, 0.3) is 0 Å². The van der Waals surface area contributed by atoms with Crippen LogP contribution >= 0.6 is 13.5 Å². The summed E-state index contributed by atoms with van der Waals surface area (Å²) in [6.07, 6.45) is 0. The van der Waals surface area contributed by atoms with Crippen molar-refractivity contribution in [3.63, 3.8) is 0 Å². The molecule has 0 aliphatic carbocycles. The Bertz CT molecular complexity index is 562. The molecule has 92 valence electrons. The monoisotopic (exact) mass is 254 g/mol. The highest BCUT2D eigenvalue weighted by molar-refractivity contribution is 7.59. The minimum absolute atomic E-state index is 0. The van der Waals surface area contributed by atoms with Gasteiger partial charge in [-0.2, -0.15) is 13.5 Å². The van der Waals surface area contributed by atoms with Crippen LogP contribution in [0.25, 0.3) is 11.0 Å². The van der Waals surface area contributed by atoms with Gasteiger partial charge in [-0.1, -0.05) is 0 Å². The molecule has 0 saturated carbocycles. The normalized spacial score (nSPS) is 10.0. The fraction of sp³-hybridized carbons (Fsp3) is 0.250. The molecule has 0 atom stereocenters. The molecule has 2 aromatic rings. The van der Waals surface area contributed by atoms with Crippen LogP contribution in [0.1, 0.15) is 5.56 Å². The average Bonchev–Trinajstić information content (AvgIpc) is 2.28. The number of ether oxygens (including phenoxy) is 2. The first-order chi connectivity index (χ1) is 7.74. The summed E-state index contributed by atoms with van der Waals surface area (Å²) in [4.78, 5) is 11.3. The van der Waals surface area contributed by atoms with Crippen molar-refractivity contribution in [2.24, 2.45) is 0 Å². The van der Waals surface area contributed by atoms with E-state index in [2.05, 4.69) is 0 Å². The first kappa shape index (κ1) is 13.6.